The van der Waals surface area contributed by atoms with Crippen LogP contribution in [0.25, 0.3) is 6.08 Å². The molecule has 1 aromatic rings. The highest BCUT2D eigenvalue weighted by Gasteiger charge is 1.96. The second kappa shape index (κ2) is 6.56. The minimum absolute atomic E-state index is 0.185. The van der Waals surface area contributed by atoms with E-state index in [1.54, 1.807) is 6.08 Å². The van der Waals surface area contributed by atoms with Gasteiger partial charge in [-0.25, -0.2) is 4.79 Å². The summed E-state index contributed by atoms with van der Waals surface area (Å²) in [6, 6.07) is 9.45. The van der Waals surface area contributed by atoms with Gasteiger partial charge in [0.1, 0.15) is 6.61 Å². The van der Waals surface area contributed by atoms with Crippen LogP contribution in [0.2, 0.25) is 0 Å². The smallest absolute Gasteiger partial charge is 0.293 e. The van der Waals surface area contributed by atoms with Crippen molar-refractivity contribution in [2.75, 3.05) is 6.61 Å². The fourth-order valence-electron chi connectivity index (χ4n) is 0.896. The van der Waals surface area contributed by atoms with Crippen LogP contribution in [0.4, 0.5) is 0 Å². The Morgan fingerprint density at radius 1 is 1.33 bits per heavy atom. The van der Waals surface area contributed by atoms with Crippen LogP contribution in [-0.4, -0.2) is 12.6 Å². The molecule has 0 radical (unpaired) electrons. The molecule has 15 heavy (non-hydrogen) atoms. The van der Waals surface area contributed by atoms with E-state index in [0.29, 0.717) is 0 Å². The van der Waals surface area contributed by atoms with E-state index in [4.69, 9.17) is 0 Å². The van der Waals surface area contributed by atoms with Gasteiger partial charge in [-0.3, -0.25) is 4.89 Å². The van der Waals surface area contributed by atoms with Crippen molar-refractivity contribution >= 4 is 12.0 Å². The zero-order valence-electron chi connectivity index (χ0n) is 8.26. The quantitative estimate of drug-likeness (QED) is 0.243. The fraction of sp³-hybridized carbons (Fsp3) is 0.0833. The van der Waals surface area contributed by atoms with Crippen LogP contribution in [-0.2, 0) is 14.6 Å². The molecule has 78 valence electrons. The van der Waals surface area contributed by atoms with Crippen molar-refractivity contribution < 1.29 is 14.6 Å². The standard InChI is InChI=1S/C12H12O3/c1-2-10-14-15-12(13)9-8-11-6-4-3-5-7-11/h2-9H,1,10H2. The lowest BCUT2D eigenvalue weighted by Crippen LogP contribution is -2.01. The molecule has 0 bridgehead atoms. The molecule has 1 aromatic carbocycles. The molecular weight excluding hydrogens is 192 g/mol. The Morgan fingerprint density at radius 2 is 2.07 bits per heavy atom. The van der Waals surface area contributed by atoms with E-state index >= 15 is 0 Å². The summed E-state index contributed by atoms with van der Waals surface area (Å²) < 4.78 is 0. The molecule has 0 aliphatic carbocycles. The molecule has 1 rings (SSSR count). The third-order valence-corrected chi connectivity index (χ3v) is 1.54. The van der Waals surface area contributed by atoms with Crippen LogP contribution in [0.3, 0.4) is 0 Å². The maximum atomic E-state index is 11.0. The lowest BCUT2D eigenvalue weighted by molar-refractivity contribution is -0.260. The SMILES string of the molecule is C=CCOOC(=O)C=Cc1ccccc1. The predicted octanol–water partition coefficient (Wildman–Crippen LogP) is 2.36. The maximum absolute atomic E-state index is 11.0. The molecule has 0 aliphatic rings. The Balaban J connectivity index is 2.37. The third-order valence-electron chi connectivity index (χ3n) is 1.54. The van der Waals surface area contributed by atoms with E-state index in [2.05, 4.69) is 16.4 Å². The van der Waals surface area contributed by atoms with E-state index in [1.165, 1.54) is 12.2 Å². The monoisotopic (exact) mass is 204 g/mol. The zero-order valence-corrected chi connectivity index (χ0v) is 8.26. The Kier molecular flexibility index (Phi) is 4.90. The molecule has 0 fully saturated rings. The summed E-state index contributed by atoms with van der Waals surface area (Å²) in [6.45, 7) is 3.60. The number of hydrogen-bond acceptors (Lipinski definition) is 3. The van der Waals surface area contributed by atoms with Crippen LogP contribution in [0.5, 0.6) is 0 Å². The Bertz CT molecular complexity index is 341. The summed E-state index contributed by atoms with van der Waals surface area (Å²) >= 11 is 0. The molecule has 0 N–H and O–H groups in total. The Hall–Kier alpha value is -1.87. The first-order chi connectivity index (χ1) is 7.33. The van der Waals surface area contributed by atoms with Gasteiger partial charge in [-0.2, -0.15) is 4.89 Å². The number of carbonyl (C=O) groups excluding carboxylic acids is 1. The van der Waals surface area contributed by atoms with Crippen LogP contribution in [0.15, 0.2) is 49.1 Å². The van der Waals surface area contributed by atoms with Gasteiger partial charge in [0.2, 0.25) is 0 Å². The van der Waals surface area contributed by atoms with Gasteiger partial charge in [-0.1, -0.05) is 36.4 Å². The number of carbonyl (C=O) groups is 1. The van der Waals surface area contributed by atoms with Gasteiger partial charge in [0.05, 0.1) is 0 Å². The number of rotatable bonds is 5. The van der Waals surface area contributed by atoms with Gasteiger partial charge < -0.3 is 0 Å². The largest absolute Gasteiger partial charge is 0.365 e. The summed E-state index contributed by atoms with van der Waals surface area (Å²) in [4.78, 5) is 19.9. The summed E-state index contributed by atoms with van der Waals surface area (Å²) in [5.74, 6) is -0.541. The molecule has 0 unspecified atom stereocenters. The van der Waals surface area contributed by atoms with Gasteiger partial charge in [0.25, 0.3) is 0 Å². The van der Waals surface area contributed by atoms with Crippen molar-refractivity contribution in [3.05, 3.63) is 54.6 Å². The van der Waals surface area contributed by atoms with Gasteiger partial charge in [-0.15, -0.1) is 6.58 Å². The van der Waals surface area contributed by atoms with E-state index in [0.717, 1.165) is 5.56 Å². The molecule has 0 saturated carbocycles. The van der Waals surface area contributed by atoms with Gasteiger partial charge >= 0.3 is 5.97 Å². The molecule has 3 nitrogen and oxygen atoms in total. The average Bonchev–Trinajstić information content (AvgIpc) is 2.28. The van der Waals surface area contributed by atoms with Crippen LogP contribution >= 0.6 is 0 Å². The Labute approximate surface area is 88.6 Å². The first-order valence-electron chi connectivity index (χ1n) is 4.50. The van der Waals surface area contributed by atoms with Gasteiger partial charge in [-0.05, 0) is 11.6 Å². The highest BCUT2D eigenvalue weighted by Crippen LogP contribution is 2.01. The molecule has 0 spiro atoms. The first-order valence-corrected chi connectivity index (χ1v) is 4.50. The summed E-state index contributed by atoms with van der Waals surface area (Å²) in [7, 11) is 0. The predicted molar refractivity (Wildman–Crippen MR) is 57.7 cm³/mol. The normalized spacial score (nSPS) is 10.1. The average molecular weight is 204 g/mol. The van der Waals surface area contributed by atoms with E-state index in [9.17, 15) is 4.79 Å². The van der Waals surface area contributed by atoms with E-state index < -0.39 is 5.97 Å². The molecule has 0 atom stereocenters. The van der Waals surface area contributed by atoms with Crippen LogP contribution < -0.4 is 0 Å². The Morgan fingerprint density at radius 3 is 2.73 bits per heavy atom. The van der Waals surface area contributed by atoms with Crippen LogP contribution in [0.1, 0.15) is 5.56 Å². The molecule has 0 amide bonds. The summed E-state index contributed by atoms with van der Waals surface area (Å²) in [5, 5.41) is 0. The summed E-state index contributed by atoms with van der Waals surface area (Å²) in [6.07, 6.45) is 4.45. The van der Waals surface area contributed by atoms with Gasteiger partial charge in [0.15, 0.2) is 0 Å². The van der Waals surface area contributed by atoms with Crippen molar-refractivity contribution in [3.8, 4) is 0 Å². The molecule has 0 aliphatic heterocycles. The lowest BCUT2D eigenvalue weighted by Gasteiger charge is -1.96. The van der Waals surface area contributed by atoms with Crippen molar-refractivity contribution in [2.24, 2.45) is 0 Å². The highest BCUT2D eigenvalue weighted by molar-refractivity contribution is 5.86. The molecule has 0 aromatic heterocycles. The topological polar surface area (TPSA) is 35.5 Å². The first kappa shape index (κ1) is 11.2. The van der Waals surface area contributed by atoms with Crippen molar-refractivity contribution in [1.29, 1.82) is 0 Å². The van der Waals surface area contributed by atoms with E-state index in [-0.39, 0.29) is 6.61 Å². The minimum atomic E-state index is -0.541. The third kappa shape index (κ3) is 4.78. The molecular formula is C12H12O3. The van der Waals surface area contributed by atoms with Crippen molar-refractivity contribution in [1.82, 2.24) is 0 Å². The zero-order chi connectivity index (χ0) is 10.9. The summed E-state index contributed by atoms with van der Waals surface area (Å²) in [5.41, 5.74) is 0.929. The second-order valence-electron chi connectivity index (χ2n) is 2.72. The van der Waals surface area contributed by atoms with Crippen molar-refractivity contribution in [3.63, 3.8) is 0 Å². The molecule has 0 heterocycles. The van der Waals surface area contributed by atoms with Crippen molar-refractivity contribution in [2.45, 2.75) is 0 Å². The maximum Gasteiger partial charge on any atom is 0.365 e. The fourth-order valence-corrected chi connectivity index (χ4v) is 0.896. The minimum Gasteiger partial charge on any atom is -0.293 e. The second-order valence-corrected chi connectivity index (χ2v) is 2.72. The highest BCUT2D eigenvalue weighted by atomic mass is 17.2. The van der Waals surface area contributed by atoms with Crippen LogP contribution in [0, 0.1) is 0 Å². The number of hydrogen-bond donors (Lipinski definition) is 0. The molecule has 0 saturated heterocycles. The molecule has 3 heteroatoms. The lowest BCUT2D eigenvalue weighted by atomic mass is 10.2. The number of benzene rings is 1. The van der Waals surface area contributed by atoms with E-state index in [1.807, 2.05) is 30.3 Å². The van der Waals surface area contributed by atoms with Gasteiger partial charge in [0, 0.05) is 6.08 Å².